The number of carboxylic acids is 1. The van der Waals surface area contributed by atoms with Crippen LogP contribution in [0, 0.1) is 5.92 Å². The predicted octanol–water partition coefficient (Wildman–Crippen LogP) is 1.88. The fourth-order valence-corrected chi connectivity index (χ4v) is 4.54. The quantitative estimate of drug-likeness (QED) is 0.0783. The van der Waals surface area contributed by atoms with Crippen LogP contribution in [0.25, 0.3) is 0 Å². The van der Waals surface area contributed by atoms with Crippen molar-refractivity contribution < 1.29 is 53.2 Å². The molecule has 2 rings (SSSR count). The summed E-state index contributed by atoms with van der Waals surface area (Å²) in [5, 5.41) is 27.6. The van der Waals surface area contributed by atoms with Crippen molar-refractivity contribution in [1.29, 1.82) is 0 Å². The Hall–Kier alpha value is -4.04. The maximum absolute atomic E-state index is 12.8. The number of rotatable bonds is 20. The number of aliphatic hydroxyl groups excluding tert-OH is 1. The molecule has 0 radical (unpaired) electrons. The Labute approximate surface area is 268 Å². The number of unbranched alkanes of at least 4 members (excludes halogenated alkanes) is 1. The molecule has 3 amide bonds. The highest BCUT2D eigenvalue weighted by atomic mass is 16.7. The maximum Gasteiger partial charge on any atom is 0.333 e. The summed E-state index contributed by atoms with van der Waals surface area (Å²) in [7, 11) is 0. The Bertz CT molecular complexity index is 1190. The molecule has 0 bridgehead atoms. The van der Waals surface area contributed by atoms with Crippen molar-refractivity contribution in [3.63, 3.8) is 0 Å². The molecule has 1 aromatic carbocycles. The van der Waals surface area contributed by atoms with E-state index in [0.29, 0.717) is 29.9 Å². The van der Waals surface area contributed by atoms with E-state index >= 15 is 0 Å². The first-order valence-electron chi connectivity index (χ1n) is 15.7. The lowest BCUT2D eigenvalue weighted by Crippen LogP contribution is -2.47. The van der Waals surface area contributed by atoms with Crippen LogP contribution in [-0.4, -0.2) is 77.2 Å². The lowest BCUT2D eigenvalue weighted by molar-refractivity contribution is -0.195. The van der Waals surface area contributed by atoms with Crippen LogP contribution >= 0.6 is 0 Å². The van der Waals surface area contributed by atoms with Gasteiger partial charge in [-0.1, -0.05) is 26.8 Å². The summed E-state index contributed by atoms with van der Waals surface area (Å²) in [6.45, 7) is 5.63. The van der Waals surface area contributed by atoms with Crippen LogP contribution in [0.1, 0.15) is 89.7 Å². The van der Waals surface area contributed by atoms with Gasteiger partial charge in [-0.3, -0.25) is 19.2 Å². The molecule has 1 aliphatic rings. The van der Waals surface area contributed by atoms with E-state index in [9.17, 15) is 39.0 Å². The number of carbonyl (C=O) groups excluding carboxylic acids is 5. The maximum atomic E-state index is 12.8. The minimum Gasteiger partial charge on any atom is -0.479 e. The Morgan fingerprint density at radius 2 is 1.83 bits per heavy atom. The standard InChI is InChI=1S/C32H47N3O11/c1-4-29(40)44-19-21-9-10-25(45-30-17-23(37)16-26(46-30)32(42)43)22(15-21)18-34-27(38)12-13-33-31(41)24(7-5-6-14-36)35-28(39)11-8-20(2)3/h9-10,14-15,20,23-24,26,30,37H,4-8,11-13,16-19H2,1-3H3,(H,33,41)(H,34,38)(H,35,39)(H,42,43). The molecular weight excluding hydrogens is 602 g/mol. The summed E-state index contributed by atoms with van der Waals surface area (Å²) in [6, 6.07) is 4.07. The molecule has 1 aliphatic heterocycles. The van der Waals surface area contributed by atoms with Crippen molar-refractivity contribution in [2.75, 3.05) is 6.54 Å². The van der Waals surface area contributed by atoms with Gasteiger partial charge < -0.3 is 45.2 Å². The van der Waals surface area contributed by atoms with Gasteiger partial charge in [-0.2, -0.15) is 0 Å². The summed E-state index contributed by atoms with van der Waals surface area (Å²) in [5.41, 5.74) is 1.10. The van der Waals surface area contributed by atoms with Crippen LogP contribution in [0.2, 0.25) is 0 Å². The summed E-state index contributed by atoms with van der Waals surface area (Å²) >= 11 is 0. The molecule has 14 heteroatoms. The highest BCUT2D eigenvalue weighted by Gasteiger charge is 2.34. The Morgan fingerprint density at radius 1 is 1.07 bits per heavy atom. The van der Waals surface area contributed by atoms with E-state index in [2.05, 4.69) is 16.0 Å². The van der Waals surface area contributed by atoms with Crippen molar-refractivity contribution in [1.82, 2.24) is 16.0 Å². The molecule has 256 valence electrons. The minimum atomic E-state index is -1.24. The Kier molecular flexibility index (Phi) is 16.7. The zero-order valence-corrected chi connectivity index (χ0v) is 26.8. The molecule has 5 N–H and O–H groups in total. The van der Waals surface area contributed by atoms with Gasteiger partial charge in [0.25, 0.3) is 0 Å². The smallest absolute Gasteiger partial charge is 0.333 e. The van der Waals surface area contributed by atoms with E-state index in [1.165, 1.54) is 0 Å². The summed E-state index contributed by atoms with van der Waals surface area (Å²) in [6.07, 6.45) is -0.456. The first kappa shape index (κ1) is 38.1. The van der Waals surface area contributed by atoms with Gasteiger partial charge in [-0.15, -0.1) is 0 Å². The van der Waals surface area contributed by atoms with E-state index in [1.54, 1.807) is 25.1 Å². The van der Waals surface area contributed by atoms with Crippen molar-refractivity contribution in [3.05, 3.63) is 29.3 Å². The number of amides is 3. The minimum absolute atomic E-state index is 0.00252. The molecule has 0 aromatic heterocycles. The van der Waals surface area contributed by atoms with Crippen LogP contribution < -0.4 is 20.7 Å². The average Bonchev–Trinajstić information content (AvgIpc) is 3.01. The van der Waals surface area contributed by atoms with Crippen molar-refractivity contribution in [3.8, 4) is 5.75 Å². The third-order valence-electron chi connectivity index (χ3n) is 7.16. The van der Waals surface area contributed by atoms with E-state index in [-0.39, 0.29) is 82.3 Å². The fourth-order valence-electron chi connectivity index (χ4n) is 4.54. The van der Waals surface area contributed by atoms with Gasteiger partial charge in [0, 0.05) is 57.2 Å². The number of aliphatic hydroxyl groups is 1. The molecule has 1 saturated heterocycles. The third kappa shape index (κ3) is 14.4. The van der Waals surface area contributed by atoms with Crippen LogP contribution in [0.15, 0.2) is 18.2 Å². The molecule has 1 aromatic rings. The van der Waals surface area contributed by atoms with Crippen LogP contribution in [0.4, 0.5) is 0 Å². The monoisotopic (exact) mass is 649 g/mol. The predicted molar refractivity (Wildman–Crippen MR) is 164 cm³/mol. The number of hydrogen-bond donors (Lipinski definition) is 5. The van der Waals surface area contributed by atoms with E-state index in [1.807, 2.05) is 13.8 Å². The zero-order chi connectivity index (χ0) is 34.1. The number of aliphatic carboxylic acids is 1. The van der Waals surface area contributed by atoms with Crippen LogP contribution in [-0.2, 0) is 51.4 Å². The van der Waals surface area contributed by atoms with Crippen molar-refractivity contribution in [2.24, 2.45) is 5.92 Å². The first-order chi connectivity index (χ1) is 21.9. The summed E-state index contributed by atoms with van der Waals surface area (Å²) in [5.74, 6) is -2.11. The highest BCUT2D eigenvalue weighted by Crippen LogP contribution is 2.27. The van der Waals surface area contributed by atoms with Gasteiger partial charge in [-0.25, -0.2) is 4.79 Å². The third-order valence-corrected chi connectivity index (χ3v) is 7.16. The van der Waals surface area contributed by atoms with Gasteiger partial charge in [0.2, 0.25) is 24.0 Å². The molecule has 4 atom stereocenters. The van der Waals surface area contributed by atoms with Gasteiger partial charge >= 0.3 is 11.9 Å². The van der Waals surface area contributed by atoms with Crippen LogP contribution in [0.3, 0.4) is 0 Å². The lowest BCUT2D eigenvalue weighted by atomic mass is 10.1. The number of hydrogen-bond acceptors (Lipinski definition) is 10. The Morgan fingerprint density at radius 3 is 2.50 bits per heavy atom. The van der Waals surface area contributed by atoms with Gasteiger partial charge in [0.1, 0.15) is 24.7 Å². The molecule has 0 spiro atoms. The number of aldehydes is 1. The first-order valence-corrected chi connectivity index (χ1v) is 15.7. The molecular formula is C32H47N3O11. The van der Waals surface area contributed by atoms with Crippen molar-refractivity contribution >= 4 is 35.9 Å². The summed E-state index contributed by atoms with van der Waals surface area (Å²) in [4.78, 5) is 71.6. The highest BCUT2D eigenvalue weighted by molar-refractivity contribution is 5.88. The van der Waals surface area contributed by atoms with Crippen molar-refractivity contribution in [2.45, 2.75) is 116 Å². The second-order valence-electron chi connectivity index (χ2n) is 11.6. The topological polar surface area (TPSA) is 207 Å². The number of esters is 1. The fraction of sp³-hybridized carbons (Fsp3) is 0.625. The molecule has 1 fully saturated rings. The number of ether oxygens (including phenoxy) is 3. The molecule has 0 aliphatic carbocycles. The molecule has 4 unspecified atom stereocenters. The number of nitrogens with one attached hydrogen (secondary N) is 3. The Balaban J connectivity index is 2.01. The van der Waals surface area contributed by atoms with Gasteiger partial charge in [0.15, 0.2) is 6.10 Å². The van der Waals surface area contributed by atoms with Gasteiger partial charge in [0.05, 0.1) is 6.10 Å². The molecule has 14 nitrogen and oxygen atoms in total. The largest absolute Gasteiger partial charge is 0.479 e. The van der Waals surface area contributed by atoms with E-state index in [4.69, 9.17) is 14.2 Å². The summed E-state index contributed by atoms with van der Waals surface area (Å²) < 4.78 is 16.6. The second-order valence-corrected chi connectivity index (χ2v) is 11.6. The van der Waals surface area contributed by atoms with Crippen LogP contribution in [0.5, 0.6) is 5.75 Å². The second kappa shape index (κ2) is 20.2. The molecule has 0 saturated carbocycles. The van der Waals surface area contributed by atoms with Gasteiger partial charge in [-0.05, 0) is 42.9 Å². The number of carboxylic acid groups (broad SMARTS) is 1. The normalized spacial score (nSPS) is 18.2. The zero-order valence-electron chi connectivity index (χ0n) is 26.8. The number of carbonyl (C=O) groups is 6. The average molecular weight is 650 g/mol. The number of benzene rings is 1. The lowest BCUT2D eigenvalue weighted by Gasteiger charge is -2.31. The van der Waals surface area contributed by atoms with E-state index < -0.39 is 42.3 Å². The SMILES string of the molecule is CCC(=O)OCc1ccc(OC2CC(O)CC(C(=O)O)O2)c(CNC(=O)CCNC(=O)C(CCCC=O)NC(=O)CCC(C)C)c1. The molecule has 1 heterocycles. The van der Waals surface area contributed by atoms with E-state index in [0.717, 1.165) is 6.29 Å². The molecule has 46 heavy (non-hydrogen) atoms.